The molecule has 0 bridgehead atoms. The van der Waals surface area contributed by atoms with Crippen LogP contribution in [0.4, 0.5) is 17.1 Å². The van der Waals surface area contributed by atoms with E-state index < -0.39 is 17.5 Å². The van der Waals surface area contributed by atoms with Gasteiger partial charge in [-0.3, -0.25) is 0 Å². The Hall–Kier alpha value is -5.43. The minimum absolute atomic E-state index is 0.232. The SMILES string of the molecule is CCOC(=O)c1cc2c(/C=C(/C#N)C(=O)O)sc(-c3ccc(-c4ccc(N(c5ccccc5)c5ccccc5)cc4)o3)c2s1. The van der Waals surface area contributed by atoms with Gasteiger partial charge in [-0.15, -0.1) is 22.7 Å². The lowest BCUT2D eigenvalue weighted by Gasteiger charge is -2.25. The second kappa shape index (κ2) is 12.4. The Labute approximate surface area is 261 Å². The number of rotatable bonds is 9. The number of carbonyl (C=O) groups is 2. The van der Waals surface area contributed by atoms with Crippen LogP contribution in [0, 0.1) is 11.3 Å². The first-order valence-corrected chi connectivity index (χ1v) is 15.3. The molecule has 3 aromatic carbocycles. The van der Waals surface area contributed by atoms with Gasteiger partial charge in [0, 0.05) is 32.9 Å². The first-order chi connectivity index (χ1) is 21.5. The van der Waals surface area contributed by atoms with E-state index in [0.717, 1.165) is 32.2 Å². The van der Waals surface area contributed by atoms with Gasteiger partial charge in [0.1, 0.15) is 28.0 Å². The molecule has 0 saturated carbocycles. The summed E-state index contributed by atoms with van der Waals surface area (Å²) in [5, 5.41) is 19.4. The predicted molar refractivity (Wildman–Crippen MR) is 175 cm³/mol. The van der Waals surface area contributed by atoms with Crippen LogP contribution in [-0.4, -0.2) is 23.7 Å². The van der Waals surface area contributed by atoms with E-state index in [4.69, 9.17) is 9.15 Å². The van der Waals surface area contributed by atoms with Crippen molar-refractivity contribution in [2.75, 3.05) is 11.5 Å². The summed E-state index contributed by atoms with van der Waals surface area (Å²) in [7, 11) is 0. The number of ether oxygens (including phenoxy) is 1. The molecule has 0 unspecified atom stereocenters. The van der Waals surface area contributed by atoms with Gasteiger partial charge in [-0.25, -0.2) is 9.59 Å². The van der Waals surface area contributed by atoms with Crippen molar-refractivity contribution in [1.82, 2.24) is 0 Å². The molecule has 9 heteroatoms. The lowest BCUT2D eigenvalue weighted by Crippen LogP contribution is -2.09. The molecule has 6 aromatic rings. The summed E-state index contributed by atoms with van der Waals surface area (Å²) in [4.78, 5) is 27.9. The van der Waals surface area contributed by atoms with E-state index in [-0.39, 0.29) is 6.61 Å². The Morgan fingerprint density at radius 3 is 2.09 bits per heavy atom. The van der Waals surface area contributed by atoms with Crippen LogP contribution >= 0.6 is 22.7 Å². The summed E-state index contributed by atoms with van der Waals surface area (Å²) >= 11 is 2.55. The van der Waals surface area contributed by atoms with Crippen molar-refractivity contribution >= 4 is 67.8 Å². The van der Waals surface area contributed by atoms with E-state index in [1.807, 2.05) is 72.8 Å². The highest BCUT2D eigenvalue weighted by Gasteiger charge is 2.22. The van der Waals surface area contributed by atoms with E-state index in [2.05, 4.69) is 29.2 Å². The fourth-order valence-electron chi connectivity index (χ4n) is 4.79. The number of para-hydroxylation sites is 2. The number of aliphatic carboxylic acids is 1. The summed E-state index contributed by atoms with van der Waals surface area (Å²) in [6, 6.07) is 35.6. The van der Waals surface area contributed by atoms with Gasteiger partial charge in [-0.05, 0) is 79.7 Å². The molecule has 0 atom stereocenters. The number of nitrogens with zero attached hydrogens (tertiary/aromatic N) is 2. The Morgan fingerprint density at radius 1 is 0.886 bits per heavy atom. The average molecular weight is 617 g/mol. The number of hydrogen-bond donors (Lipinski definition) is 1. The number of carboxylic acid groups (broad SMARTS) is 1. The second-order valence-electron chi connectivity index (χ2n) is 9.56. The average Bonchev–Trinajstić information content (AvgIpc) is 3.78. The number of nitriles is 1. The Bertz CT molecular complexity index is 1990. The number of carboxylic acids is 1. The van der Waals surface area contributed by atoms with Crippen molar-refractivity contribution in [2.24, 2.45) is 0 Å². The number of hydrogen-bond acceptors (Lipinski definition) is 8. The van der Waals surface area contributed by atoms with Gasteiger partial charge in [0.25, 0.3) is 0 Å². The minimum atomic E-state index is -1.32. The second-order valence-corrected chi connectivity index (χ2v) is 11.7. The monoisotopic (exact) mass is 616 g/mol. The summed E-state index contributed by atoms with van der Waals surface area (Å²) < 4.78 is 12.3. The highest BCUT2D eigenvalue weighted by molar-refractivity contribution is 7.28. The molecule has 0 aliphatic rings. The molecule has 216 valence electrons. The van der Waals surface area contributed by atoms with Gasteiger partial charge in [0.15, 0.2) is 0 Å². The smallest absolute Gasteiger partial charge is 0.348 e. The van der Waals surface area contributed by atoms with Crippen LogP contribution in [0.3, 0.4) is 0 Å². The van der Waals surface area contributed by atoms with Crippen molar-refractivity contribution in [3.05, 3.63) is 118 Å². The maximum atomic E-state index is 12.5. The lowest BCUT2D eigenvalue weighted by molar-refractivity contribution is -0.132. The fourth-order valence-corrected chi connectivity index (χ4v) is 7.20. The number of esters is 1. The van der Waals surface area contributed by atoms with Crippen molar-refractivity contribution in [3.63, 3.8) is 0 Å². The van der Waals surface area contributed by atoms with Gasteiger partial charge in [-0.1, -0.05) is 36.4 Å². The van der Waals surface area contributed by atoms with Gasteiger partial charge in [0.2, 0.25) is 0 Å². The number of benzene rings is 3. The van der Waals surface area contributed by atoms with Crippen LogP contribution in [0.5, 0.6) is 0 Å². The fraction of sp³-hybridized carbons (Fsp3) is 0.0571. The van der Waals surface area contributed by atoms with E-state index in [1.54, 1.807) is 19.1 Å². The van der Waals surface area contributed by atoms with E-state index >= 15 is 0 Å². The van der Waals surface area contributed by atoms with Crippen LogP contribution < -0.4 is 4.90 Å². The number of thiophene rings is 2. The van der Waals surface area contributed by atoms with E-state index in [0.29, 0.717) is 26.7 Å². The minimum Gasteiger partial charge on any atom is -0.477 e. The lowest BCUT2D eigenvalue weighted by atomic mass is 10.1. The molecule has 0 spiro atoms. The quantitative estimate of drug-likeness (QED) is 0.0980. The largest absolute Gasteiger partial charge is 0.477 e. The van der Waals surface area contributed by atoms with Gasteiger partial charge < -0.3 is 19.2 Å². The molecule has 1 N–H and O–H groups in total. The topological polar surface area (TPSA) is 104 Å². The number of fused-ring (bicyclic) bond motifs is 1. The van der Waals surface area contributed by atoms with Crippen molar-refractivity contribution in [1.29, 1.82) is 5.26 Å². The van der Waals surface area contributed by atoms with Crippen molar-refractivity contribution in [3.8, 4) is 28.0 Å². The maximum Gasteiger partial charge on any atom is 0.348 e. The molecule has 3 heterocycles. The van der Waals surface area contributed by atoms with Crippen LogP contribution in [0.25, 0.3) is 38.1 Å². The van der Waals surface area contributed by atoms with Gasteiger partial charge in [-0.2, -0.15) is 5.26 Å². The molecule has 0 aliphatic heterocycles. The molecule has 0 fully saturated rings. The number of furan rings is 1. The Kier molecular flexibility index (Phi) is 8.10. The number of anilines is 3. The van der Waals surface area contributed by atoms with Gasteiger partial charge in [0.05, 0.1) is 16.2 Å². The summed E-state index contributed by atoms with van der Waals surface area (Å²) in [6.07, 6.45) is 1.33. The normalized spacial score (nSPS) is 11.3. The Balaban J connectivity index is 1.37. The molecule has 6 rings (SSSR count). The molecule has 44 heavy (non-hydrogen) atoms. The molecular weight excluding hydrogens is 593 g/mol. The zero-order valence-electron chi connectivity index (χ0n) is 23.4. The predicted octanol–water partition coefficient (Wildman–Crippen LogP) is 9.53. The standard InChI is InChI=1S/C35H24N2O5S2/c1-2-41-35(40)31-20-27-30(19-23(21-36)34(38)39)43-33(32(27)44-31)29-18-17-28(42-29)22-13-15-26(16-14-22)37(24-9-5-3-6-10-24)25-11-7-4-8-12-25/h3-20H,2H2,1H3,(H,38,39)/b23-19-. The zero-order valence-corrected chi connectivity index (χ0v) is 25.0. The molecule has 3 aromatic heterocycles. The van der Waals surface area contributed by atoms with Crippen molar-refractivity contribution < 1.29 is 23.8 Å². The third kappa shape index (κ3) is 5.64. The van der Waals surface area contributed by atoms with E-state index in [1.165, 1.54) is 28.7 Å². The number of carbonyl (C=O) groups excluding carboxylic acids is 1. The molecule has 0 radical (unpaired) electrons. The molecule has 0 saturated heterocycles. The molecule has 7 nitrogen and oxygen atoms in total. The van der Waals surface area contributed by atoms with Gasteiger partial charge >= 0.3 is 11.9 Å². The first kappa shape index (κ1) is 28.7. The first-order valence-electron chi connectivity index (χ1n) is 13.7. The van der Waals surface area contributed by atoms with Crippen LogP contribution in [0.15, 0.2) is 113 Å². The van der Waals surface area contributed by atoms with Crippen LogP contribution in [-0.2, 0) is 9.53 Å². The van der Waals surface area contributed by atoms with E-state index in [9.17, 15) is 20.0 Å². The summed E-state index contributed by atoms with van der Waals surface area (Å²) in [5.41, 5.74) is 3.55. The summed E-state index contributed by atoms with van der Waals surface area (Å²) in [5.74, 6) is -0.557. The Morgan fingerprint density at radius 2 is 1.50 bits per heavy atom. The van der Waals surface area contributed by atoms with Crippen molar-refractivity contribution in [2.45, 2.75) is 6.92 Å². The third-order valence-corrected chi connectivity index (χ3v) is 9.22. The molecular formula is C35H24N2O5S2. The zero-order chi connectivity index (χ0) is 30.6. The third-order valence-electron chi connectivity index (χ3n) is 6.79. The van der Waals surface area contributed by atoms with Crippen LogP contribution in [0.1, 0.15) is 21.5 Å². The molecule has 0 amide bonds. The highest BCUT2D eigenvalue weighted by atomic mass is 32.1. The molecule has 0 aliphatic carbocycles. The highest BCUT2D eigenvalue weighted by Crippen LogP contribution is 2.46. The summed E-state index contributed by atoms with van der Waals surface area (Å²) in [6.45, 7) is 1.96. The maximum absolute atomic E-state index is 12.5. The van der Waals surface area contributed by atoms with Crippen LogP contribution in [0.2, 0.25) is 0 Å².